The third-order valence-electron chi connectivity index (χ3n) is 13.8. The van der Waals surface area contributed by atoms with Crippen molar-refractivity contribution in [1.82, 2.24) is 30.1 Å². The number of nitro benzene ring substituents is 1. The predicted molar refractivity (Wildman–Crippen MR) is 303 cm³/mol. The van der Waals surface area contributed by atoms with Gasteiger partial charge < -0.3 is 61.5 Å². The molecule has 24 nitrogen and oxygen atoms in total. The Labute approximate surface area is 482 Å². The summed E-state index contributed by atoms with van der Waals surface area (Å²) in [7, 11) is 9.40. The van der Waals surface area contributed by atoms with E-state index in [2.05, 4.69) is 46.1 Å². The number of hydroxylamine groups is 2. The number of rotatable bonds is 30. The second kappa shape index (κ2) is 27.9. The third kappa shape index (κ3) is 16.2. The number of halogens is 2. The minimum absolute atomic E-state index is 0.00218. The topological polar surface area (TPSA) is 268 Å². The Morgan fingerprint density at radius 2 is 1.72 bits per heavy atom. The summed E-state index contributed by atoms with van der Waals surface area (Å²) in [4.78, 5) is 83.4. The maximum Gasteiger partial charge on any atom is 0.737 e. The Morgan fingerprint density at radius 1 is 0.988 bits per heavy atom. The predicted octanol–water partition coefficient (Wildman–Crippen LogP) is 7.14. The number of carbonyl (C=O) groups excluding carboxylic acids is 5. The lowest BCUT2D eigenvalue weighted by atomic mass is 9.88. The minimum atomic E-state index is -4.30. The van der Waals surface area contributed by atoms with E-state index >= 15 is 8.63 Å². The van der Waals surface area contributed by atoms with E-state index in [-0.39, 0.29) is 79.9 Å². The van der Waals surface area contributed by atoms with Crippen LogP contribution in [0.1, 0.15) is 91.0 Å². The summed E-state index contributed by atoms with van der Waals surface area (Å²) in [6.07, 6.45) is 6.09. The fraction of sp³-hybridized carbons (Fsp3) is 0.418. The number of amides is 4. The number of fused-ring (bicyclic) bond motifs is 2. The van der Waals surface area contributed by atoms with Gasteiger partial charge in [-0.1, -0.05) is 28.3 Å². The van der Waals surface area contributed by atoms with Gasteiger partial charge in [-0.25, -0.2) is 10.1 Å². The van der Waals surface area contributed by atoms with Crippen molar-refractivity contribution in [2.24, 2.45) is 0 Å². The summed E-state index contributed by atoms with van der Waals surface area (Å²) in [5.41, 5.74) is 5.14. The van der Waals surface area contributed by atoms with Crippen molar-refractivity contribution in [2.75, 3.05) is 80.4 Å². The second-order valence-corrected chi connectivity index (χ2v) is 21.8. The van der Waals surface area contributed by atoms with E-state index in [0.29, 0.717) is 59.2 Å². The summed E-state index contributed by atoms with van der Waals surface area (Å²) in [6, 6.07) is 13.9. The number of ether oxygens (including phenoxy) is 4. The van der Waals surface area contributed by atoms with Crippen LogP contribution in [0, 0.1) is 24.0 Å². The number of nitrogens with one attached hydrogen (secondary N) is 3. The first-order valence-electron chi connectivity index (χ1n) is 26.8. The Morgan fingerprint density at radius 3 is 2.39 bits per heavy atom. The number of imide groups is 1. The molecule has 0 saturated carbocycles. The molecule has 0 spiro atoms. The van der Waals surface area contributed by atoms with Gasteiger partial charge in [-0.15, -0.1) is 4.33 Å². The molecule has 0 aliphatic carbocycles. The highest BCUT2D eigenvalue weighted by Crippen LogP contribution is 2.41. The molecule has 2 aromatic carbocycles. The summed E-state index contributed by atoms with van der Waals surface area (Å²) < 4.78 is 64.1. The summed E-state index contributed by atoms with van der Waals surface area (Å²) >= 11 is 0.588. The normalized spacial score (nSPS) is 15.4. The molecule has 3 aliphatic heterocycles. The highest BCUT2D eigenvalue weighted by molar-refractivity contribution is 7.94. The zero-order valence-electron chi connectivity index (χ0n) is 47.4. The molecule has 0 radical (unpaired) electrons. The number of aromatic amines is 1. The fourth-order valence-electron chi connectivity index (χ4n) is 9.54. The van der Waals surface area contributed by atoms with Gasteiger partial charge in [-0.05, 0) is 94.3 Å². The molecule has 1 fully saturated rings. The van der Waals surface area contributed by atoms with E-state index in [9.17, 15) is 34.1 Å². The first-order valence-corrected chi connectivity index (χ1v) is 27.7. The van der Waals surface area contributed by atoms with Gasteiger partial charge in [-0.3, -0.25) is 34.1 Å². The van der Waals surface area contributed by atoms with Gasteiger partial charge in [-0.2, -0.15) is 0 Å². The maximum absolute atomic E-state index is 17.1. The van der Waals surface area contributed by atoms with Crippen LogP contribution in [-0.2, 0) is 38.1 Å². The van der Waals surface area contributed by atoms with E-state index in [1.807, 2.05) is 38.1 Å². The number of aromatic nitrogens is 2. The van der Waals surface area contributed by atoms with Gasteiger partial charge >= 0.3 is 13.1 Å². The first-order chi connectivity index (χ1) is 39.5. The Balaban J connectivity index is 0.860. The van der Waals surface area contributed by atoms with Crippen molar-refractivity contribution >= 4 is 78.4 Å². The Hall–Kier alpha value is -7.89. The van der Waals surface area contributed by atoms with Gasteiger partial charge in [0.15, 0.2) is 22.9 Å². The van der Waals surface area contributed by atoms with Crippen LogP contribution < -0.4 is 24.8 Å². The molecule has 2 aromatic heterocycles. The lowest BCUT2D eigenvalue weighted by molar-refractivity contribution is -0.870. The molecular formula is C55H69BF2N9O15S+. The number of nitrogens with zero attached hydrogens (tertiary/aromatic N) is 6. The Kier molecular flexibility index (Phi) is 21.1. The van der Waals surface area contributed by atoms with E-state index in [1.165, 1.54) is 24.6 Å². The quantitative estimate of drug-likeness (QED) is 0.00465. The SMILES string of the molecule is COc1cc(C(C)OC(=O)ON2C(=O)CCC2=O)c([N+](=O)[O-])cc1OCCN(C)CCNC(=O)C(CSOOO)NC(=O)CCCOc1ccc(/C=C/c2cc(C)c3n2[B-](F)(F)[N+]2=C(c4ccc(C)[nH]4)C=C(CCC[N+](C)(C)C)C2=C3)cc1. The van der Waals surface area contributed by atoms with Gasteiger partial charge in [0.2, 0.25) is 11.8 Å². The summed E-state index contributed by atoms with van der Waals surface area (Å²) in [5.74, 6) is -1.99. The standard InChI is InChI=1S/C55H68BF2N9O15S/c1-35-29-40(63-45(35)32-46-39(11-9-26-67(5,6)7)30-48(64(46)56(63,57)58)43-20-13-36(2)60-43)17-14-38-15-18-41(19-16-38)77-27-10-12-51(68)61-44(34-83-82-81-75)54(71)59-23-24-62(4)25-28-78-50-33-47(66(73)74)42(31-49(50)76-8)37(3)79-55(72)80-65-52(69)21-22-53(65)70/h13-20,29-33,37,44,60H,9-12,21-28,34H2,1-8H3,(H2-,59,61,68,71,75)/p+1/b17-14+. The number of likely N-dealkylation sites (N-methyl/N-ethyl adjacent to an activating group) is 1. The van der Waals surface area contributed by atoms with Crippen LogP contribution in [0.15, 0.2) is 71.9 Å². The van der Waals surface area contributed by atoms with Crippen LogP contribution in [0.2, 0.25) is 0 Å². The minimum Gasteiger partial charge on any atom is -0.494 e. The van der Waals surface area contributed by atoms with Gasteiger partial charge in [0, 0.05) is 92.2 Å². The van der Waals surface area contributed by atoms with Crippen LogP contribution in [0.3, 0.4) is 0 Å². The molecule has 0 bridgehead atoms. The van der Waals surface area contributed by atoms with Crippen molar-refractivity contribution in [3.8, 4) is 17.2 Å². The number of aryl methyl sites for hydroxylation is 2. The molecule has 1 saturated heterocycles. The molecule has 83 heavy (non-hydrogen) atoms. The van der Waals surface area contributed by atoms with Crippen LogP contribution >= 0.6 is 12.0 Å². The molecule has 446 valence electrons. The Bertz CT molecular complexity index is 3180. The molecule has 2 unspecified atom stereocenters. The zero-order valence-corrected chi connectivity index (χ0v) is 48.3. The fourth-order valence-corrected chi connectivity index (χ4v) is 10.0. The largest absolute Gasteiger partial charge is 0.737 e. The monoisotopic (exact) mass is 1180 g/mol. The average molecular weight is 1180 g/mol. The van der Waals surface area contributed by atoms with E-state index < -0.39 is 59.5 Å². The number of carbonyl (C=O) groups is 5. The average Bonchev–Trinajstić information content (AvgIpc) is 2.80. The number of hydrogen-bond acceptors (Lipinski definition) is 17. The summed E-state index contributed by atoms with van der Waals surface area (Å²) in [6.45, 7) is 2.57. The van der Waals surface area contributed by atoms with E-state index in [1.54, 1.807) is 54.4 Å². The molecular weight excluding hydrogens is 1110 g/mol. The number of hydrogen-bond donors (Lipinski definition) is 4. The molecule has 4 amide bonds. The van der Waals surface area contributed by atoms with Gasteiger partial charge in [0.1, 0.15) is 30.2 Å². The van der Waals surface area contributed by atoms with Crippen LogP contribution in [0.4, 0.5) is 19.1 Å². The van der Waals surface area contributed by atoms with E-state index in [0.717, 1.165) is 50.4 Å². The lowest BCUT2D eigenvalue weighted by Gasteiger charge is -2.31. The van der Waals surface area contributed by atoms with Crippen molar-refractivity contribution in [1.29, 1.82) is 0 Å². The maximum atomic E-state index is 17.1. The van der Waals surface area contributed by atoms with Crippen molar-refractivity contribution in [3.63, 3.8) is 0 Å². The number of benzene rings is 2. The molecule has 2 atom stereocenters. The molecule has 4 aromatic rings. The van der Waals surface area contributed by atoms with Gasteiger partial charge in [0.05, 0.1) is 63.7 Å². The number of H-pyrrole nitrogens is 1. The van der Waals surface area contributed by atoms with Crippen LogP contribution in [-0.4, -0.2) is 168 Å². The van der Waals surface area contributed by atoms with Crippen molar-refractivity contribution in [3.05, 3.63) is 122 Å². The highest BCUT2D eigenvalue weighted by atomic mass is 32.2. The molecule has 28 heteroatoms. The lowest BCUT2D eigenvalue weighted by Crippen LogP contribution is -2.51. The summed E-state index contributed by atoms with van der Waals surface area (Å²) in [5, 5.41) is 30.0. The number of nitro groups is 1. The zero-order chi connectivity index (χ0) is 60.2. The van der Waals surface area contributed by atoms with Crippen LogP contribution in [0.5, 0.6) is 17.2 Å². The number of allylic oxidation sites excluding steroid dienone is 2. The second-order valence-electron chi connectivity index (χ2n) is 21.1. The molecule has 3 aliphatic rings. The smallest absolute Gasteiger partial charge is 0.494 e. The number of quaternary nitrogens is 1. The first kappa shape index (κ1) is 62.7. The van der Waals surface area contributed by atoms with Gasteiger partial charge in [0.25, 0.3) is 17.5 Å². The molecule has 5 heterocycles. The molecule has 7 rings (SSSR count). The number of methoxy groups -OCH3 is 1. The highest BCUT2D eigenvalue weighted by Gasteiger charge is 2.54. The van der Waals surface area contributed by atoms with Crippen molar-refractivity contribution < 1.29 is 84.9 Å². The van der Waals surface area contributed by atoms with E-state index in [4.69, 9.17) is 29.0 Å². The van der Waals surface area contributed by atoms with Crippen molar-refractivity contribution in [2.45, 2.75) is 71.4 Å². The third-order valence-corrected chi connectivity index (χ3v) is 14.4. The molecule has 4 N–H and O–H groups in total. The van der Waals surface area contributed by atoms with Crippen LogP contribution in [0.25, 0.3) is 18.2 Å².